The third-order valence-electron chi connectivity index (χ3n) is 11.5. The highest BCUT2D eigenvalue weighted by Gasteiger charge is 2.52. The number of phenols is 1. The number of rotatable bonds is 6. The maximum Gasteiger partial charge on any atom is 0.319 e. The van der Waals surface area contributed by atoms with Gasteiger partial charge in [-0.25, -0.2) is 13.2 Å². The van der Waals surface area contributed by atoms with E-state index in [9.17, 15) is 13.9 Å². The molecule has 2 aromatic carbocycles. The number of nitrogens with zero attached hydrogens (tertiary/aromatic N) is 5. The van der Waals surface area contributed by atoms with Crippen LogP contribution in [0.2, 0.25) is 0 Å². The Hall–Kier alpha value is -4.18. The van der Waals surface area contributed by atoms with Crippen LogP contribution in [0.3, 0.4) is 0 Å². The fourth-order valence-corrected chi connectivity index (χ4v) is 9.36. The number of fused-ring (bicyclic) bond motifs is 5. The monoisotopic (exact) mass is 670 g/mol. The minimum Gasteiger partial charge on any atom is -0.508 e. The zero-order valence-corrected chi connectivity index (χ0v) is 27.0. The quantitative estimate of drug-likeness (QED) is 0.267. The van der Waals surface area contributed by atoms with Crippen molar-refractivity contribution in [3.05, 3.63) is 47.7 Å². The summed E-state index contributed by atoms with van der Waals surface area (Å²) in [7, 11) is 0. The molecular formula is C37H37F3N6O3. The van der Waals surface area contributed by atoms with E-state index in [-0.39, 0.29) is 63.8 Å². The summed E-state index contributed by atoms with van der Waals surface area (Å²) in [6, 6.07) is 5.68. The highest BCUT2D eigenvalue weighted by molar-refractivity contribution is 6.03. The molecule has 5 atom stereocenters. The Morgan fingerprint density at radius 1 is 1.14 bits per heavy atom. The molecular weight excluding hydrogens is 633 g/mol. The van der Waals surface area contributed by atoms with Crippen LogP contribution in [-0.2, 0) is 4.74 Å². The lowest BCUT2D eigenvalue weighted by molar-refractivity contribution is 0.0326. The predicted octanol–water partition coefficient (Wildman–Crippen LogP) is 5.26. The van der Waals surface area contributed by atoms with E-state index in [4.69, 9.17) is 20.9 Å². The van der Waals surface area contributed by atoms with Crippen LogP contribution in [0.1, 0.15) is 50.5 Å². The number of ether oxygens (including phenoxy) is 2. The number of aromatic hydroxyl groups is 1. The molecule has 5 saturated heterocycles. The first-order chi connectivity index (χ1) is 23.8. The molecule has 5 aliphatic rings. The van der Waals surface area contributed by atoms with Crippen LogP contribution in [0.5, 0.6) is 11.8 Å². The Balaban J connectivity index is 1.19. The second-order valence-electron chi connectivity index (χ2n) is 14.5. The number of piperazine rings is 1. The van der Waals surface area contributed by atoms with Crippen LogP contribution in [-0.4, -0.2) is 93.7 Å². The van der Waals surface area contributed by atoms with E-state index in [1.165, 1.54) is 30.5 Å². The molecule has 12 heteroatoms. The first kappa shape index (κ1) is 30.8. The van der Waals surface area contributed by atoms with Crippen LogP contribution in [0.4, 0.5) is 19.0 Å². The number of aromatic nitrogens is 3. The van der Waals surface area contributed by atoms with Crippen LogP contribution in [0.25, 0.3) is 32.9 Å². The van der Waals surface area contributed by atoms with Crippen LogP contribution < -0.4 is 15.0 Å². The Morgan fingerprint density at radius 2 is 2.04 bits per heavy atom. The van der Waals surface area contributed by atoms with Crippen molar-refractivity contribution in [2.24, 2.45) is 0 Å². The number of alkyl halides is 1. The van der Waals surface area contributed by atoms with E-state index in [1.54, 1.807) is 0 Å². The number of pyridine rings is 1. The van der Waals surface area contributed by atoms with E-state index in [2.05, 4.69) is 31.0 Å². The summed E-state index contributed by atoms with van der Waals surface area (Å²) >= 11 is 0. The normalized spacial score (nSPS) is 29.6. The van der Waals surface area contributed by atoms with Gasteiger partial charge in [-0.2, -0.15) is 9.97 Å². The van der Waals surface area contributed by atoms with Crippen molar-refractivity contribution in [3.8, 4) is 35.4 Å². The Kier molecular flexibility index (Phi) is 7.20. The second-order valence-corrected chi connectivity index (χ2v) is 14.5. The lowest BCUT2D eigenvalue weighted by Crippen LogP contribution is -2.65. The number of halogens is 3. The highest BCUT2D eigenvalue weighted by atomic mass is 19.1. The number of anilines is 1. The van der Waals surface area contributed by atoms with Gasteiger partial charge in [0.05, 0.1) is 28.1 Å². The summed E-state index contributed by atoms with van der Waals surface area (Å²) in [6.45, 7) is 3.35. The Bertz CT molecular complexity index is 2040. The number of nitrogens with one attached hydrogen (secondary N) is 1. The number of terminal acetylenes is 1. The van der Waals surface area contributed by atoms with Gasteiger partial charge in [0, 0.05) is 55.9 Å². The maximum absolute atomic E-state index is 17.0. The largest absolute Gasteiger partial charge is 0.508 e. The van der Waals surface area contributed by atoms with E-state index in [0.717, 1.165) is 51.7 Å². The predicted molar refractivity (Wildman–Crippen MR) is 178 cm³/mol. The topological polar surface area (TPSA) is 95.9 Å². The van der Waals surface area contributed by atoms with Gasteiger partial charge in [0.25, 0.3) is 0 Å². The van der Waals surface area contributed by atoms with Gasteiger partial charge in [0.15, 0.2) is 5.82 Å². The van der Waals surface area contributed by atoms with E-state index >= 15 is 4.39 Å². The maximum atomic E-state index is 17.0. The first-order valence-corrected chi connectivity index (χ1v) is 17.2. The van der Waals surface area contributed by atoms with Crippen LogP contribution >= 0.6 is 0 Å². The Labute approximate surface area is 281 Å². The third kappa shape index (κ3) is 4.92. The SMILES string of the molecule is C#Cc1c(F)ccc2cc(O)cc(-c3ncc4c(N5C[C@@H]6CC[C@]([C@@H]7CCCO7)(C5)N6)nc(OC[C@@]56CCCN5C[C@H](F)C6)nc4c3F)c12. The van der Waals surface area contributed by atoms with E-state index in [1.807, 2.05) is 0 Å². The molecule has 0 unspecified atom stereocenters. The molecule has 0 saturated carbocycles. The molecule has 49 heavy (non-hydrogen) atoms. The van der Waals surface area contributed by atoms with E-state index in [0.29, 0.717) is 42.6 Å². The Morgan fingerprint density at radius 3 is 2.88 bits per heavy atom. The van der Waals surface area contributed by atoms with Gasteiger partial charge >= 0.3 is 6.01 Å². The number of benzene rings is 2. The van der Waals surface area contributed by atoms with Gasteiger partial charge in [-0.1, -0.05) is 12.0 Å². The van der Waals surface area contributed by atoms with Gasteiger partial charge in [-0.05, 0) is 68.7 Å². The van der Waals surface area contributed by atoms with Crippen LogP contribution in [0.15, 0.2) is 30.5 Å². The molecule has 7 heterocycles. The standard InChI is InChI=1S/C37H37F3N6O3/c1-2-25-28(39)7-6-21-13-24(47)14-26(30(21)25)32-31(40)33-27(16-41-32)34(45-18-23-8-10-37(19-45,44-23)29-5-3-12-48-29)43-35(42-33)49-20-36-9-4-11-46(36)17-22(38)15-36/h1,6-7,13-14,16,22-23,29,44,47H,3-5,8-12,15,17-20H2/t22-,23+,29+,36+,37-/m1/s1. The van der Waals surface area contributed by atoms with Gasteiger partial charge < -0.3 is 24.8 Å². The molecule has 0 amide bonds. The zero-order chi connectivity index (χ0) is 33.5. The molecule has 4 aromatic rings. The first-order valence-electron chi connectivity index (χ1n) is 17.2. The summed E-state index contributed by atoms with van der Waals surface area (Å²) in [4.78, 5) is 18.4. The average Bonchev–Trinajstić information content (AvgIpc) is 3.88. The molecule has 2 aromatic heterocycles. The minimum absolute atomic E-state index is 0.00439. The fourth-order valence-electron chi connectivity index (χ4n) is 9.36. The molecule has 5 aliphatic heterocycles. The van der Waals surface area contributed by atoms with Crippen molar-refractivity contribution < 1.29 is 27.8 Å². The van der Waals surface area contributed by atoms with Crippen molar-refractivity contribution in [1.29, 1.82) is 0 Å². The molecule has 254 valence electrons. The minimum atomic E-state index is -0.928. The summed E-state index contributed by atoms with van der Waals surface area (Å²) < 4.78 is 59.0. The lowest BCUT2D eigenvalue weighted by atomic mass is 9.88. The van der Waals surface area contributed by atoms with Gasteiger partial charge in [0.1, 0.15) is 41.4 Å². The number of hydrogen-bond donors (Lipinski definition) is 2. The lowest BCUT2D eigenvalue weighted by Gasteiger charge is -2.45. The molecule has 0 radical (unpaired) electrons. The zero-order valence-electron chi connectivity index (χ0n) is 27.0. The average molecular weight is 671 g/mol. The van der Waals surface area contributed by atoms with Crippen molar-refractivity contribution in [2.75, 3.05) is 44.3 Å². The van der Waals surface area contributed by atoms with Gasteiger partial charge in [0.2, 0.25) is 0 Å². The summed E-state index contributed by atoms with van der Waals surface area (Å²) in [5, 5.41) is 15.5. The third-order valence-corrected chi connectivity index (χ3v) is 11.5. The van der Waals surface area contributed by atoms with Crippen molar-refractivity contribution in [2.45, 2.75) is 74.3 Å². The highest BCUT2D eigenvalue weighted by Crippen LogP contribution is 2.44. The van der Waals surface area contributed by atoms with Gasteiger partial charge in [-0.3, -0.25) is 9.88 Å². The van der Waals surface area contributed by atoms with Crippen LogP contribution in [0, 0.1) is 24.0 Å². The summed E-state index contributed by atoms with van der Waals surface area (Å²) in [6.07, 6.45) is 12.4. The molecule has 9 rings (SSSR count). The van der Waals surface area contributed by atoms with E-state index < -0.39 is 23.3 Å². The molecule has 2 N–H and O–H groups in total. The summed E-state index contributed by atoms with van der Waals surface area (Å²) in [5.74, 6) is 1.32. The summed E-state index contributed by atoms with van der Waals surface area (Å²) in [5.41, 5.74) is -0.786. The van der Waals surface area contributed by atoms with Crippen molar-refractivity contribution in [3.63, 3.8) is 0 Å². The number of phenolic OH excluding ortho intramolecular Hbond substituents is 1. The second kappa shape index (κ2) is 11.4. The molecule has 0 aliphatic carbocycles. The molecule has 9 nitrogen and oxygen atoms in total. The fraction of sp³-hybridized carbons (Fsp3) is 0.486. The smallest absolute Gasteiger partial charge is 0.319 e. The molecule has 0 spiro atoms. The van der Waals surface area contributed by atoms with Crippen molar-refractivity contribution >= 4 is 27.5 Å². The van der Waals surface area contributed by atoms with Crippen molar-refractivity contribution in [1.82, 2.24) is 25.2 Å². The number of hydrogen-bond acceptors (Lipinski definition) is 9. The molecule has 2 bridgehead atoms. The molecule has 5 fully saturated rings. The van der Waals surface area contributed by atoms with Gasteiger partial charge in [-0.15, -0.1) is 6.42 Å².